The molecule has 18 atom stereocenters. The Hall–Kier alpha value is -1.31. The lowest BCUT2D eigenvalue weighted by Crippen LogP contribution is -2.68. The molecule has 2 aliphatic heterocycles. The highest BCUT2D eigenvalue weighted by atomic mass is 16.7. The van der Waals surface area contributed by atoms with Gasteiger partial charge in [-0.25, -0.2) is 0 Å². The number of ether oxygens (including phenoxy) is 4. The zero-order chi connectivity index (χ0) is 33.0. The van der Waals surface area contributed by atoms with E-state index in [2.05, 4.69) is 5.32 Å². The van der Waals surface area contributed by atoms with Crippen LogP contribution >= 0.6 is 0 Å². The first-order valence-corrected chi connectivity index (χ1v) is 13.9. The Balaban J connectivity index is 1.71. The van der Waals surface area contributed by atoms with E-state index in [1.165, 1.54) is 13.0 Å². The van der Waals surface area contributed by atoms with Crippen LogP contribution in [-0.2, 0) is 23.7 Å². The molecule has 0 aromatic carbocycles. The van der Waals surface area contributed by atoms with Gasteiger partial charge >= 0.3 is 0 Å². The van der Waals surface area contributed by atoms with Crippen LogP contribution in [-0.4, -0.2) is 203 Å². The molecule has 0 saturated carbocycles. The Morgan fingerprint density at radius 3 is 2.09 bits per heavy atom. The molecule has 2 saturated heterocycles. The number of aldehydes is 1. The molecule has 19 nitrogen and oxygen atoms in total. The molecular weight excluding hydrogens is 602 g/mol. The third-order valence-electron chi connectivity index (χ3n) is 8.03. The number of aliphatic hydroxyl groups is 13. The van der Waals surface area contributed by atoms with Crippen molar-refractivity contribution in [2.45, 2.75) is 117 Å². The Bertz CT molecular complexity index is 943. The Labute approximate surface area is 250 Å². The van der Waals surface area contributed by atoms with Crippen molar-refractivity contribution in [2.75, 3.05) is 19.8 Å². The van der Waals surface area contributed by atoms with Crippen LogP contribution in [0.5, 0.6) is 0 Å². The summed E-state index contributed by atoms with van der Waals surface area (Å²) in [6.07, 6.45) is -26.8. The monoisotopic (exact) mass is 645 g/mol. The average molecular weight is 646 g/mol. The molecule has 0 unspecified atom stereocenters. The van der Waals surface area contributed by atoms with E-state index in [9.17, 15) is 71.2 Å². The minimum Gasteiger partial charge on any atom is -0.394 e. The van der Waals surface area contributed by atoms with Crippen LogP contribution in [0.1, 0.15) is 6.92 Å². The maximum absolute atomic E-state index is 10.9. The normalized spacial score (nSPS) is 44.4. The van der Waals surface area contributed by atoms with E-state index >= 15 is 0 Å². The first kappa shape index (κ1) is 37.2. The van der Waals surface area contributed by atoms with Crippen LogP contribution in [0.4, 0.5) is 0 Å². The van der Waals surface area contributed by atoms with Gasteiger partial charge in [-0.2, -0.15) is 0 Å². The molecule has 0 spiro atoms. The molecule has 19 heteroatoms. The van der Waals surface area contributed by atoms with Crippen molar-refractivity contribution in [3.8, 4) is 0 Å². The fourth-order valence-electron chi connectivity index (χ4n) is 5.36. The van der Waals surface area contributed by atoms with E-state index in [1.54, 1.807) is 0 Å². The molecule has 2 fully saturated rings. The fourth-order valence-corrected chi connectivity index (χ4v) is 5.36. The summed E-state index contributed by atoms with van der Waals surface area (Å²) < 4.78 is 22.0. The summed E-state index contributed by atoms with van der Waals surface area (Å²) in [7, 11) is 0. The van der Waals surface area contributed by atoms with Gasteiger partial charge in [0, 0.05) is 0 Å². The fraction of sp³-hybridized carbons (Fsp3) is 0.880. The molecule has 44 heavy (non-hydrogen) atoms. The Kier molecular flexibility index (Phi) is 13.5. The van der Waals surface area contributed by atoms with Crippen molar-refractivity contribution in [3.63, 3.8) is 0 Å². The zero-order valence-corrected chi connectivity index (χ0v) is 23.5. The van der Waals surface area contributed by atoms with Crippen LogP contribution in [0.3, 0.4) is 0 Å². The molecule has 2 heterocycles. The van der Waals surface area contributed by atoms with Crippen LogP contribution in [0.15, 0.2) is 11.6 Å². The highest BCUT2D eigenvalue weighted by Gasteiger charge is 2.52. The van der Waals surface area contributed by atoms with Gasteiger partial charge in [0.2, 0.25) is 0 Å². The van der Waals surface area contributed by atoms with Crippen molar-refractivity contribution in [3.05, 3.63) is 11.6 Å². The number of carbonyl (C=O) groups is 1. The first-order valence-electron chi connectivity index (χ1n) is 13.9. The van der Waals surface area contributed by atoms with Gasteiger partial charge in [-0.1, -0.05) is 6.08 Å². The highest BCUT2D eigenvalue weighted by molar-refractivity contribution is 5.56. The van der Waals surface area contributed by atoms with E-state index in [4.69, 9.17) is 18.9 Å². The van der Waals surface area contributed by atoms with E-state index < -0.39 is 130 Å². The molecule has 256 valence electrons. The zero-order valence-electron chi connectivity index (χ0n) is 23.5. The van der Waals surface area contributed by atoms with Gasteiger partial charge in [-0.3, -0.25) is 0 Å². The lowest BCUT2D eigenvalue weighted by Gasteiger charge is -2.48. The number of rotatable bonds is 13. The minimum absolute atomic E-state index is 0.00900. The van der Waals surface area contributed by atoms with E-state index in [0.717, 1.165) is 0 Å². The van der Waals surface area contributed by atoms with Crippen LogP contribution in [0.2, 0.25) is 0 Å². The standard InChI is InChI=1S/C25H43NO18/c1-7-13(26-9-2-8(3-27)14(33)18(37)15(9)34)17(36)20(39)24(41-7)44-23-12(6-30)42-25(21(40)19(23)38)43-22(11(32)5-29)16(35)10(31)4-28/h2,4,7,9-27,29-40H,3,5-6H2,1H3/t7-,9+,10+,11-,12-,13+,14-,15+,16-,17+,18+,19-,20-,21-,22-,23+,24-,25-/m1/s1. The molecule has 3 aliphatic rings. The smallest absolute Gasteiger partial charge is 0.187 e. The Morgan fingerprint density at radius 1 is 0.886 bits per heavy atom. The maximum atomic E-state index is 10.9. The van der Waals surface area contributed by atoms with E-state index in [0.29, 0.717) is 0 Å². The minimum atomic E-state index is -2.10. The van der Waals surface area contributed by atoms with Crippen molar-refractivity contribution >= 4 is 6.29 Å². The SMILES string of the molecule is C[C@H]1O[C@H](O[C@@H]2[C@H](O)[C@@H](O)[C@@H](O[C@@H]([C@H](O)[C@@H](O)C=O)[C@H](O)CO)O[C@@H]2CO)[C@H](O)[C@@H](O)[C@H]1N[C@H]1C=C(CO)[C@@H](O)[C@H](O)[C@H]1O. The summed E-state index contributed by atoms with van der Waals surface area (Å²) in [4.78, 5) is 10.9. The first-order chi connectivity index (χ1) is 20.7. The number of nitrogens with one attached hydrogen (secondary N) is 1. The molecular formula is C25H43NO18. The van der Waals surface area contributed by atoms with E-state index in [1.807, 2.05) is 0 Å². The second kappa shape index (κ2) is 16.0. The summed E-state index contributed by atoms with van der Waals surface area (Å²) in [5.74, 6) is 0. The molecule has 0 amide bonds. The summed E-state index contributed by atoms with van der Waals surface area (Å²) in [5.41, 5.74) is 0.00900. The van der Waals surface area contributed by atoms with Crippen LogP contribution in [0.25, 0.3) is 0 Å². The lowest BCUT2D eigenvalue weighted by molar-refractivity contribution is -0.361. The number of carbonyl (C=O) groups excluding carboxylic acids is 1. The van der Waals surface area contributed by atoms with Crippen molar-refractivity contribution < 1.29 is 90.1 Å². The van der Waals surface area contributed by atoms with Crippen molar-refractivity contribution in [1.29, 1.82) is 0 Å². The van der Waals surface area contributed by atoms with Gasteiger partial charge < -0.3 is 95.4 Å². The molecule has 0 aromatic heterocycles. The maximum Gasteiger partial charge on any atom is 0.187 e. The van der Waals surface area contributed by atoms with Gasteiger partial charge in [0.25, 0.3) is 0 Å². The van der Waals surface area contributed by atoms with Gasteiger partial charge in [-0.15, -0.1) is 0 Å². The largest absolute Gasteiger partial charge is 0.394 e. The number of hydrogen-bond acceptors (Lipinski definition) is 19. The molecule has 0 bridgehead atoms. The quantitative estimate of drug-likeness (QED) is 0.0653. The van der Waals surface area contributed by atoms with Gasteiger partial charge in [0.15, 0.2) is 18.9 Å². The highest BCUT2D eigenvalue weighted by Crippen LogP contribution is 2.31. The number of aliphatic hydroxyl groups excluding tert-OH is 13. The molecule has 0 aromatic rings. The third kappa shape index (κ3) is 7.79. The summed E-state index contributed by atoms with van der Waals surface area (Å²) >= 11 is 0. The summed E-state index contributed by atoms with van der Waals surface area (Å²) in [6.45, 7) is -1.08. The van der Waals surface area contributed by atoms with Crippen molar-refractivity contribution in [1.82, 2.24) is 5.32 Å². The van der Waals surface area contributed by atoms with Crippen molar-refractivity contribution in [2.24, 2.45) is 0 Å². The summed E-state index contributed by atoms with van der Waals surface area (Å²) in [6, 6.07) is -2.21. The Morgan fingerprint density at radius 2 is 1.52 bits per heavy atom. The van der Waals surface area contributed by atoms with Gasteiger partial charge in [0.1, 0.15) is 79.4 Å². The molecule has 1 aliphatic carbocycles. The second-order valence-electron chi connectivity index (χ2n) is 11.0. The molecule has 0 radical (unpaired) electrons. The predicted molar refractivity (Wildman–Crippen MR) is 139 cm³/mol. The van der Waals surface area contributed by atoms with Gasteiger partial charge in [-0.05, 0) is 12.5 Å². The van der Waals surface area contributed by atoms with Crippen LogP contribution < -0.4 is 5.32 Å². The average Bonchev–Trinajstić information content (AvgIpc) is 3.02. The number of hydrogen-bond donors (Lipinski definition) is 14. The predicted octanol–water partition coefficient (Wildman–Crippen LogP) is -8.72. The van der Waals surface area contributed by atoms with Gasteiger partial charge in [0.05, 0.1) is 38.0 Å². The lowest BCUT2D eigenvalue weighted by atomic mass is 9.86. The van der Waals surface area contributed by atoms with E-state index in [-0.39, 0.29) is 11.9 Å². The topological polar surface area (TPSA) is 329 Å². The summed E-state index contributed by atoms with van der Waals surface area (Å²) in [5, 5.41) is 135. The molecule has 14 N–H and O–H groups in total. The molecule has 3 rings (SSSR count). The second-order valence-corrected chi connectivity index (χ2v) is 11.0. The van der Waals surface area contributed by atoms with Crippen LogP contribution in [0, 0.1) is 0 Å². The third-order valence-corrected chi connectivity index (χ3v) is 8.03.